The molecule has 1 saturated heterocycles. The number of rotatable bonds is 5. The van der Waals surface area contributed by atoms with Crippen LogP contribution in [-0.2, 0) is 16.1 Å². The molecule has 2 rings (SSSR count). The van der Waals surface area contributed by atoms with E-state index in [4.69, 9.17) is 5.11 Å². The highest BCUT2D eigenvalue weighted by Gasteiger charge is 2.31. The Balaban J connectivity index is 0.00000242. The lowest BCUT2D eigenvalue weighted by Crippen LogP contribution is -2.42. The first-order valence-corrected chi connectivity index (χ1v) is 6.96. The summed E-state index contributed by atoms with van der Waals surface area (Å²) in [5.74, 6) is -1.43. The standard InChI is InChI=1S/C15H19FN2O3.ClH/c1-10-4-5-11(7-12(10)16)8-17-14(19)9-18-6-2-3-13(18)15(20)21;/h4-5,7,13H,2-3,6,8-9H2,1H3,(H,17,19)(H,20,21);1H. The summed E-state index contributed by atoms with van der Waals surface area (Å²) in [5.41, 5.74) is 1.24. The smallest absolute Gasteiger partial charge is 0.320 e. The molecular formula is C15H20ClFN2O3. The lowest BCUT2D eigenvalue weighted by Gasteiger charge is -2.20. The van der Waals surface area contributed by atoms with Crippen LogP contribution in [0, 0.1) is 12.7 Å². The van der Waals surface area contributed by atoms with Crippen LogP contribution in [0.15, 0.2) is 18.2 Å². The van der Waals surface area contributed by atoms with Crippen LogP contribution in [0.2, 0.25) is 0 Å². The Morgan fingerprint density at radius 1 is 1.45 bits per heavy atom. The number of hydrogen-bond donors (Lipinski definition) is 2. The molecule has 122 valence electrons. The van der Waals surface area contributed by atoms with Crippen molar-refractivity contribution in [1.82, 2.24) is 10.2 Å². The minimum absolute atomic E-state index is 0. The number of aliphatic carboxylic acids is 1. The lowest BCUT2D eigenvalue weighted by molar-refractivity contribution is -0.142. The zero-order valence-electron chi connectivity index (χ0n) is 12.3. The SMILES string of the molecule is Cc1ccc(CNC(=O)CN2CCCC2C(=O)O)cc1F.Cl. The van der Waals surface area contributed by atoms with Crippen LogP contribution in [-0.4, -0.2) is 41.0 Å². The average Bonchev–Trinajstić information content (AvgIpc) is 2.88. The van der Waals surface area contributed by atoms with E-state index in [9.17, 15) is 14.0 Å². The van der Waals surface area contributed by atoms with Gasteiger partial charge in [0.15, 0.2) is 0 Å². The second kappa shape index (κ2) is 8.10. The molecule has 1 aliphatic rings. The Bertz CT molecular complexity index is 554. The van der Waals surface area contributed by atoms with Gasteiger partial charge in [-0.05, 0) is 43.5 Å². The highest BCUT2D eigenvalue weighted by molar-refractivity contribution is 5.85. The van der Waals surface area contributed by atoms with Crippen LogP contribution in [0.4, 0.5) is 4.39 Å². The van der Waals surface area contributed by atoms with Gasteiger partial charge in [-0.2, -0.15) is 0 Å². The van der Waals surface area contributed by atoms with Gasteiger partial charge in [0.25, 0.3) is 0 Å². The fourth-order valence-electron chi connectivity index (χ4n) is 2.48. The van der Waals surface area contributed by atoms with E-state index in [1.54, 1.807) is 24.0 Å². The van der Waals surface area contributed by atoms with E-state index in [0.29, 0.717) is 24.1 Å². The third-order valence-electron chi connectivity index (χ3n) is 3.72. The number of carboxylic acids is 1. The zero-order valence-corrected chi connectivity index (χ0v) is 13.2. The molecule has 2 N–H and O–H groups in total. The number of carboxylic acid groups (broad SMARTS) is 1. The third kappa shape index (κ3) is 4.68. The van der Waals surface area contributed by atoms with E-state index >= 15 is 0 Å². The Labute approximate surface area is 134 Å². The van der Waals surface area contributed by atoms with Gasteiger partial charge in [0.1, 0.15) is 11.9 Å². The van der Waals surface area contributed by atoms with Gasteiger partial charge in [-0.1, -0.05) is 12.1 Å². The Kier molecular flexibility index (Phi) is 6.77. The summed E-state index contributed by atoms with van der Waals surface area (Å²) in [6, 6.07) is 4.24. The van der Waals surface area contributed by atoms with Gasteiger partial charge in [-0.25, -0.2) is 4.39 Å². The number of nitrogens with zero attached hydrogens (tertiary/aromatic N) is 1. The molecule has 0 saturated carbocycles. The molecule has 1 unspecified atom stereocenters. The molecule has 1 heterocycles. The van der Waals surface area contributed by atoms with E-state index in [-0.39, 0.29) is 37.2 Å². The molecule has 22 heavy (non-hydrogen) atoms. The first-order valence-electron chi connectivity index (χ1n) is 6.96. The molecule has 1 aromatic rings. The van der Waals surface area contributed by atoms with E-state index in [1.165, 1.54) is 6.07 Å². The van der Waals surface area contributed by atoms with E-state index < -0.39 is 12.0 Å². The van der Waals surface area contributed by atoms with Gasteiger partial charge in [0.05, 0.1) is 6.54 Å². The molecule has 1 atom stereocenters. The quantitative estimate of drug-likeness (QED) is 0.862. The molecule has 0 bridgehead atoms. The molecule has 1 amide bonds. The molecule has 0 aliphatic carbocycles. The number of hydrogen-bond acceptors (Lipinski definition) is 3. The van der Waals surface area contributed by atoms with Crippen molar-refractivity contribution in [3.63, 3.8) is 0 Å². The van der Waals surface area contributed by atoms with E-state index in [2.05, 4.69) is 5.32 Å². The van der Waals surface area contributed by atoms with Crippen molar-refractivity contribution in [2.45, 2.75) is 32.4 Å². The number of likely N-dealkylation sites (tertiary alicyclic amines) is 1. The maximum absolute atomic E-state index is 13.4. The summed E-state index contributed by atoms with van der Waals surface area (Å²) in [6.45, 7) is 2.59. The summed E-state index contributed by atoms with van der Waals surface area (Å²) in [5, 5.41) is 11.7. The predicted octanol–water partition coefficient (Wildman–Crippen LogP) is 1.72. The van der Waals surface area contributed by atoms with Crippen molar-refractivity contribution < 1.29 is 19.1 Å². The first-order chi connectivity index (χ1) is 9.97. The summed E-state index contributed by atoms with van der Waals surface area (Å²) in [6.07, 6.45) is 1.36. The predicted molar refractivity (Wildman–Crippen MR) is 82.5 cm³/mol. The molecular weight excluding hydrogens is 311 g/mol. The number of amides is 1. The Morgan fingerprint density at radius 2 is 2.18 bits per heavy atom. The number of benzene rings is 1. The van der Waals surface area contributed by atoms with E-state index in [1.807, 2.05) is 0 Å². The monoisotopic (exact) mass is 330 g/mol. The van der Waals surface area contributed by atoms with Crippen molar-refractivity contribution in [1.29, 1.82) is 0 Å². The fraction of sp³-hybridized carbons (Fsp3) is 0.467. The maximum Gasteiger partial charge on any atom is 0.320 e. The van der Waals surface area contributed by atoms with Crippen LogP contribution in [0.3, 0.4) is 0 Å². The van der Waals surface area contributed by atoms with Gasteiger partial charge in [-0.15, -0.1) is 12.4 Å². The van der Waals surface area contributed by atoms with Crippen LogP contribution < -0.4 is 5.32 Å². The van der Waals surface area contributed by atoms with Crippen LogP contribution in [0.1, 0.15) is 24.0 Å². The number of halogens is 2. The molecule has 5 nitrogen and oxygen atoms in total. The van der Waals surface area contributed by atoms with Crippen LogP contribution in [0.5, 0.6) is 0 Å². The van der Waals surface area contributed by atoms with Crippen molar-refractivity contribution in [2.24, 2.45) is 0 Å². The number of aryl methyl sites for hydroxylation is 1. The Morgan fingerprint density at radius 3 is 2.82 bits per heavy atom. The molecule has 1 fully saturated rings. The Hall–Kier alpha value is -1.66. The van der Waals surface area contributed by atoms with Crippen molar-refractivity contribution in [3.05, 3.63) is 35.1 Å². The number of carbonyl (C=O) groups is 2. The number of nitrogens with one attached hydrogen (secondary N) is 1. The molecule has 7 heteroatoms. The van der Waals surface area contributed by atoms with Gasteiger partial charge in [0.2, 0.25) is 5.91 Å². The van der Waals surface area contributed by atoms with Gasteiger partial charge < -0.3 is 10.4 Å². The minimum atomic E-state index is -0.888. The molecule has 0 radical (unpaired) electrons. The first kappa shape index (κ1) is 18.4. The van der Waals surface area contributed by atoms with Gasteiger partial charge in [-0.3, -0.25) is 14.5 Å². The molecule has 0 aromatic heterocycles. The van der Waals surface area contributed by atoms with Crippen molar-refractivity contribution in [2.75, 3.05) is 13.1 Å². The molecule has 0 spiro atoms. The third-order valence-corrected chi connectivity index (χ3v) is 3.72. The highest BCUT2D eigenvalue weighted by atomic mass is 35.5. The van der Waals surface area contributed by atoms with E-state index in [0.717, 1.165) is 6.42 Å². The average molecular weight is 331 g/mol. The molecule has 1 aromatic carbocycles. The summed E-state index contributed by atoms with van der Waals surface area (Å²) < 4.78 is 13.4. The van der Waals surface area contributed by atoms with Gasteiger partial charge in [0, 0.05) is 6.54 Å². The van der Waals surface area contributed by atoms with Gasteiger partial charge >= 0.3 is 5.97 Å². The second-order valence-electron chi connectivity index (χ2n) is 5.33. The second-order valence-corrected chi connectivity index (χ2v) is 5.33. The van der Waals surface area contributed by atoms with Crippen LogP contribution >= 0.6 is 12.4 Å². The largest absolute Gasteiger partial charge is 0.480 e. The topological polar surface area (TPSA) is 69.6 Å². The summed E-state index contributed by atoms with van der Waals surface area (Å²) in [4.78, 5) is 24.5. The minimum Gasteiger partial charge on any atom is -0.480 e. The fourth-order valence-corrected chi connectivity index (χ4v) is 2.48. The highest BCUT2D eigenvalue weighted by Crippen LogP contribution is 2.16. The van der Waals surface area contributed by atoms with Crippen LogP contribution in [0.25, 0.3) is 0 Å². The number of carbonyl (C=O) groups excluding carboxylic acids is 1. The summed E-state index contributed by atoms with van der Waals surface area (Å²) in [7, 11) is 0. The normalized spacial score (nSPS) is 17.8. The summed E-state index contributed by atoms with van der Waals surface area (Å²) >= 11 is 0. The molecule has 1 aliphatic heterocycles. The zero-order chi connectivity index (χ0) is 15.4. The van der Waals surface area contributed by atoms with Crippen molar-refractivity contribution in [3.8, 4) is 0 Å². The maximum atomic E-state index is 13.4. The van der Waals surface area contributed by atoms with Crippen molar-refractivity contribution >= 4 is 24.3 Å². The lowest BCUT2D eigenvalue weighted by atomic mass is 10.1.